The monoisotopic (exact) mass is 738 g/mol. The van der Waals surface area contributed by atoms with Crippen LogP contribution in [-0.2, 0) is 0 Å². The molecular weight excluding hydrogens is 709 g/mol. The van der Waals surface area contributed by atoms with Gasteiger partial charge in [-0.05, 0) is 84.4 Å². The highest BCUT2D eigenvalue weighted by Gasteiger charge is 2.22. The molecule has 5 heteroatoms. The number of hydrogen-bond donors (Lipinski definition) is 0. The van der Waals surface area contributed by atoms with Gasteiger partial charge in [0.25, 0.3) is 0 Å². The first-order chi connectivity index (χ1) is 27.3. The second kappa shape index (κ2) is 11.9. The number of anilines is 3. The molecule has 0 radical (unpaired) electrons. The first kappa shape index (κ1) is 30.8. The number of aromatic nitrogens is 1. The van der Waals surface area contributed by atoms with Gasteiger partial charge in [0.05, 0.1) is 5.52 Å². The van der Waals surface area contributed by atoms with E-state index in [1.54, 1.807) is 0 Å². The van der Waals surface area contributed by atoms with Crippen LogP contribution < -0.4 is 4.90 Å². The van der Waals surface area contributed by atoms with Gasteiger partial charge in [-0.3, -0.25) is 0 Å². The Bertz CT molecular complexity index is 3340. The molecule has 55 heavy (non-hydrogen) atoms. The molecule has 0 spiro atoms. The summed E-state index contributed by atoms with van der Waals surface area (Å²) in [6, 6.07) is 65.9. The lowest BCUT2D eigenvalue weighted by Gasteiger charge is -2.26. The maximum Gasteiger partial charge on any atom is 0.161 e. The van der Waals surface area contributed by atoms with E-state index in [2.05, 4.69) is 191 Å². The summed E-state index contributed by atoms with van der Waals surface area (Å²) in [6.07, 6.45) is 0. The molecule has 4 aromatic heterocycles. The third-order valence-corrected chi connectivity index (χ3v) is 13.2. The van der Waals surface area contributed by atoms with Crippen molar-refractivity contribution in [2.45, 2.75) is 0 Å². The van der Waals surface area contributed by atoms with Gasteiger partial charge in [-0.15, -0.1) is 22.7 Å². The SMILES string of the molecule is c1ccc(-n2c3ccccc3c3oc4c(-c5cccc(N(c6ccc7c(c6)sc6ccccc67)c6ccc7c(c6)sc6ccccc67)c5)cccc4c32)cc1. The topological polar surface area (TPSA) is 21.3 Å². The van der Waals surface area contributed by atoms with Gasteiger partial charge in [-0.1, -0.05) is 103 Å². The van der Waals surface area contributed by atoms with Crippen LogP contribution in [0.2, 0.25) is 0 Å². The molecular formula is C50H30N2OS2. The normalized spacial score (nSPS) is 12.0. The molecule has 0 saturated carbocycles. The average molecular weight is 739 g/mol. The van der Waals surface area contributed by atoms with E-state index in [0.29, 0.717) is 0 Å². The van der Waals surface area contributed by atoms with Crippen molar-refractivity contribution in [3.63, 3.8) is 0 Å². The van der Waals surface area contributed by atoms with E-state index in [1.165, 1.54) is 40.3 Å². The van der Waals surface area contributed by atoms with Crippen molar-refractivity contribution in [2.24, 2.45) is 0 Å². The Balaban J connectivity index is 1.06. The molecule has 0 amide bonds. The summed E-state index contributed by atoms with van der Waals surface area (Å²) in [4.78, 5) is 2.41. The van der Waals surface area contributed by atoms with Gasteiger partial charge in [-0.25, -0.2) is 0 Å². The third kappa shape index (κ3) is 4.67. The number of para-hydroxylation sites is 3. The lowest BCUT2D eigenvalue weighted by atomic mass is 10.0. The summed E-state index contributed by atoms with van der Waals surface area (Å²) in [5.74, 6) is 0. The highest BCUT2D eigenvalue weighted by atomic mass is 32.1. The number of thiophene rings is 2. The maximum atomic E-state index is 6.95. The molecule has 0 N–H and O–H groups in total. The highest BCUT2D eigenvalue weighted by molar-refractivity contribution is 7.26. The van der Waals surface area contributed by atoms with Crippen LogP contribution in [0.3, 0.4) is 0 Å². The van der Waals surface area contributed by atoms with Gasteiger partial charge in [0.15, 0.2) is 5.58 Å². The Kier molecular flexibility index (Phi) is 6.67. The van der Waals surface area contributed by atoms with Crippen LogP contribution in [0, 0.1) is 0 Å². The van der Waals surface area contributed by atoms with Crippen molar-refractivity contribution < 1.29 is 4.42 Å². The van der Waals surface area contributed by atoms with Gasteiger partial charge >= 0.3 is 0 Å². The van der Waals surface area contributed by atoms with E-state index >= 15 is 0 Å². The van der Waals surface area contributed by atoms with E-state index in [0.717, 1.165) is 66.8 Å². The molecule has 0 fully saturated rings. The summed E-state index contributed by atoms with van der Waals surface area (Å²) in [5.41, 5.74) is 10.7. The Labute approximate surface area is 324 Å². The maximum absolute atomic E-state index is 6.95. The van der Waals surface area contributed by atoms with Crippen molar-refractivity contribution in [1.82, 2.24) is 4.57 Å². The smallest absolute Gasteiger partial charge is 0.161 e. The summed E-state index contributed by atoms with van der Waals surface area (Å²) in [6.45, 7) is 0. The molecule has 12 aromatic rings. The summed E-state index contributed by atoms with van der Waals surface area (Å²) >= 11 is 3.71. The molecule has 0 atom stereocenters. The van der Waals surface area contributed by atoms with Crippen LogP contribution in [0.15, 0.2) is 186 Å². The lowest BCUT2D eigenvalue weighted by Crippen LogP contribution is -2.09. The van der Waals surface area contributed by atoms with Crippen LogP contribution >= 0.6 is 22.7 Å². The molecule has 8 aromatic carbocycles. The fourth-order valence-corrected chi connectivity index (χ4v) is 10.8. The minimum atomic E-state index is 0.894. The van der Waals surface area contributed by atoms with Crippen LogP contribution in [0.4, 0.5) is 17.1 Å². The zero-order valence-corrected chi connectivity index (χ0v) is 31.1. The van der Waals surface area contributed by atoms with Crippen molar-refractivity contribution in [3.8, 4) is 16.8 Å². The predicted octanol–water partition coefficient (Wildman–Crippen LogP) is 15.4. The number of furan rings is 1. The largest absolute Gasteiger partial charge is 0.453 e. The van der Waals surface area contributed by atoms with Gasteiger partial charge in [0.2, 0.25) is 0 Å². The molecule has 0 aliphatic rings. The van der Waals surface area contributed by atoms with Crippen LogP contribution in [0.1, 0.15) is 0 Å². The molecule has 0 unspecified atom stereocenters. The van der Waals surface area contributed by atoms with Gasteiger partial charge in [0.1, 0.15) is 11.1 Å². The number of rotatable bonds is 5. The Morgan fingerprint density at radius 2 is 0.964 bits per heavy atom. The van der Waals surface area contributed by atoms with E-state index in [9.17, 15) is 0 Å². The van der Waals surface area contributed by atoms with Gasteiger partial charge in [0, 0.05) is 79.4 Å². The van der Waals surface area contributed by atoms with E-state index in [1.807, 2.05) is 22.7 Å². The zero-order chi connectivity index (χ0) is 36.0. The van der Waals surface area contributed by atoms with Crippen LogP contribution in [0.25, 0.3) is 90.1 Å². The summed E-state index contributed by atoms with van der Waals surface area (Å²) in [5, 5.41) is 7.41. The zero-order valence-electron chi connectivity index (χ0n) is 29.4. The number of fused-ring (bicyclic) bond motifs is 11. The van der Waals surface area contributed by atoms with E-state index < -0.39 is 0 Å². The first-order valence-corrected chi connectivity index (χ1v) is 20.1. The predicted molar refractivity (Wildman–Crippen MR) is 236 cm³/mol. The van der Waals surface area contributed by atoms with Crippen molar-refractivity contribution in [3.05, 3.63) is 182 Å². The minimum Gasteiger partial charge on any atom is -0.453 e. The standard InChI is InChI=1S/C50H30N2OS2/c1-2-13-32(14-3-1)52-43-21-7-4-18-41(43)50-48(52)42-20-11-19-36(49(42)53-50)31-12-10-15-33(28-31)51(34-24-26-39-37-16-5-8-22-44(37)54-46(39)29-34)35-25-27-40-38-17-6-9-23-45(38)55-47(40)30-35/h1-30H. The van der Waals surface area contributed by atoms with Crippen molar-refractivity contribution >= 4 is 113 Å². The molecule has 4 heterocycles. The number of hydrogen-bond acceptors (Lipinski definition) is 4. The quantitative estimate of drug-likeness (QED) is 0.175. The van der Waals surface area contributed by atoms with Crippen LogP contribution in [0.5, 0.6) is 0 Å². The lowest BCUT2D eigenvalue weighted by molar-refractivity contribution is 0.674. The molecule has 258 valence electrons. The molecule has 3 nitrogen and oxygen atoms in total. The average Bonchev–Trinajstić information content (AvgIpc) is 3.99. The molecule has 0 aliphatic carbocycles. The molecule has 12 rings (SSSR count). The van der Waals surface area contributed by atoms with Crippen molar-refractivity contribution in [1.29, 1.82) is 0 Å². The minimum absolute atomic E-state index is 0.894. The highest BCUT2D eigenvalue weighted by Crippen LogP contribution is 2.46. The second-order valence-corrected chi connectivity index (χ2v) is 16.3. The summed E-state index contributed by atoms with van der Waals surface area (Å²) in [7, 11) is 0. The second-order valence-electron chi connectivity index (χ2n) is 14.1. The molecule has 0 bridgehead atoms. The van der Waals surface area contributed by atoms with E-state index in [-0.39, 0.29) is 0 Å². The van der Waals surface area contributed by atoms with E-state index in [4.69, 9.17) is 4.42 Å². The third-order valence-electron chi connectivity index (χ3n) is 11.0. The summed E-state index contributed by atoms with van der Waals surface area (Å²) < 4.78 is 14.5. The number of benzene rings is 8. The molecule has 0 aliphatic heterocycles. The first-order valence-electron chi connectivity index (χ1n) is 18.5. The Morgan fingerprint density at radius 1 is 0.400 bits per heavy atom. The fraction of sp³-hybridized carbons (Fsp3) is 0. The number of nitrogens with zero attached hydrogens (tertiary/aromatic N) is 2. The van der Waals surface area contributed by atoms with Crippen molar-refractivity contribution in [2.75, 3.05) is 4.90 Å². The Morgan fingerprint density at radius 3 is 1.67 bits per heavy atom. The van der Waals surface area contributed by atoms with Gasteiger partial charge in [-0.2, -0.15) is 0 Å². The fourth-order valence-electron chi connectivity index (χ4n) is 8.53. The van der Waals surface area contributed by atoms with Crippen LogP contribution in [-0.4, -0.2) is 4.57 Å². The van der Waals surface area contributed by atoms with Gasteiger partial charge < -0.3 is 13.9 Å². The molecule has 0 saturated heterocycles. The Hall–Kier alpha value is -6.66.